The van der Waals surface area contributed by atoms with Gasteiger partial charge in [0.2, 0.25) is 0 Å². The zero-order valence-electron chi connectivity index (χ0n) is 12.3. The summed E-state index contributed by atoms with van der Waals surface area (Å²) in [5, 5.41) is 0.775. The molecule has 0 saturated heterocycles. The van der Waals surface area contributed by atoms with Gasteiger partial charge in [0.1, 0.15) is 0 Å². The van der Waals surface area contributed by atoms with Crippen molar-refractivity contribution in [3.63, 3.8) is 0 Å². The van der Waals surface area contributed by atoms with Crippen molar-refractivity contribution in [1.29, 1.82) is 0 Å². The van der Waals surface area contributed by atoms with E-state index in [9.17, 15) is 0 Å². The predicted molar refractivity (Wildman–Crippen MR) is 88.0 cm³/mol. The number of allylic oxidation sites excluding steroid dienone is 1. The number of anilines is 1. The van der Waals surface area contributed by atoms with Crippen LogP contribution in [0.2, 0.25) is 5.02 Å². The smallest absolute Gasteiger partial charge is 0.0955 e. The van der Waals surface area contributed by atoms with Crippen molar-refractivity contribution in [1.82, 2.24) is 4.90 Å². The summed E-state index contributed by atoms with van der Waals surface area (Å²) in [4.78, 5) is 4.41. The fourth-order valence-electron chi connectivity index (χ4n) is 2.64. The highest BCUT2D eigenvalue weighted by Crippen LogP contribution is 2.33. The highest BCUT2D eigenvalue weighted by Gasteiger charge is 2.22. The normalized spacial score (nSPS) is 14.5. The van der Waals surface area contributed by atoms with Crippen LogP contribution in [0.4, 0.5) is 5.69 Å². The van der Waals surface area contributed by atoms with Crippen molar-refractivity contribution < 1.29 is 0 Å². The van der Waals surface area contributed by atoms with E-state index in [0.29, 0.717) is 0 Å². The number of halogens is 1. The van der Waals surface area contributed by atoms with Crippen LogP contribution in [0.25, 0.3) is 0 Å². The Morgan fingerprint density at radius 3 is 2.52 bits per heavy atom. The zero-order chi connectivity index (χ0) is 14.8. The maximum atomic E-state index is 6.36. The number of hydrogen-bond acceptors (Lipinski definition) is 2. The molecule has 0 spiro atoms. The first-order valence-corrected chi connectivity index (χ1v) is 7.44. The van der Waals surface area contributed by atoms with Crippen LogP contribution in [0.3, 0.4) is 0 Å². The summed E-state index contributed by atoms with van der Waals surface area (Å²) in [5.41, 5.74) is 4.66. The summed E-state index contributed by atoms with van der Waals surface area (Å²) in [6.07, 6.45) is 3.41. The topological polar surface area (TPSA) is 6.48 Å². The van der Waals surface area contributed by atoms with Gasteiger partial charge < -0.3 is 9.80 Å². The van der Waals surface area contributed by atoms with E-state index in [1.54, 1.807) is 0 Å². The van der Waals surface area contributed by atoms with Crippen LogP contribution in [0.15, 0.2) is 54.2 Å². The van der Waals surface area contributed by atoms with E-state index in [1.807, 2.05) is 18.2 Å². The Balaban J connectivity index is 1.80. The minimum Gasteiger partial charge on any atom is -0.351 e. The Kier molecular flexibility index (Phi) is 3.89. The fourth-order valence-corrected chi connectivity index (χ4v) is 2.97. The third kappa shape index (κ3) is 2.91. The molecule has 2 nitrogen and oxygen atoms in total. The Morgan fingerprint density at radius 1 is 1.05 bits per heavy atom. The second-order valence-corrected chi connectivity index (χ2v) is 5.76. The van der Waals surface area contributed by atoms with Crippen molar-refractivity contribution in [2.45, 2.75) is 20.4 Å². The van der Waals surface area contributed by atoms with Gasteiger partial charge in [0, 0.05) is 12.2 Å². The first kappa shape index (κ1) is 14.0. The highest BCUT2D eigenvalue weighted by atomic mass is 35.5. The van der Waals surface area contributed by atoms with Gasteiger partial charge in [-0.2, -0.15) is 0 Å². The molecule has 1 aliphatic heterocycles. The Morgan fingerprint density at radius 2 is 1.81 bits per heavy atom. The molecule has 1 aliphatic rings. The van der Waals surface area contributed by atoms with Crippen LogP contribution in [-0.2, 0) is 6.54 Å². The van der Waals surface area contributed by atoms with E-state index in [2.05, 4.69) is 60.2 Å². The standard InChI is InChI=1S/C18H18ClN2/c1-14-7-6-10-17(19)18(14)21-11-15(2)20(13-21)12-16-8-4-3-5-9-16/h3-10H,12-13H2,1-2H3. The molecule has 0 aliphatic carbocycles. The van der Waals surface area contributed by atoms with Gasteiger partial charge in [-0.05, 0) is 31.0 Å². The van der Waals surface area contributed by atoms with Crippen molar-refractivity contribution in [3.8, 4) is 0 Å². The summed E-state index contributed by atoms with van der Waals surface area (Å²) >= 11 is 6.36. The van der Waals surface area contributed by atoms with Crippen LogP contribution in [0.1, 0.15) is 18.1 Å². The maximum absolute atomic E-state index is 6.36. The van der Waals surface area contributed by atoms with E-state index >= 15 is 0 Å². The lowest BCUT2D eigenvalue weighted by molar-refractivity contribution is 0.370. The first-order chi connectivity index (χ1) is 10.1. The number of rotatable bonds is 3. The van der Waals surface area contributed by atoms with E-state index in [4.69, 9.17) is 11.6 Å². The van der Waals surface area contributed by atoms with Crippen molar-refractivity contribution in [2.24, 2.45) is 0 Å². The summed E-state index contributed by atoms with van der Waals surface area (Å²) in [6.45, 7) is 5.85. The van der Waals surface area contributed by atoms with Gasteiger partial charge in [-0.1, -0.05) is 54.1 Å². The fraction of sp³-hybridized carbons (Fsp3) is 0.222. The first-order valence-electron chi connectivity index (χ1n) is 7.07. The minimum atomic E-state index is 0.775. The van der Waals surface area contributed by atoms with Crippen LogP contribution >= 0.6 is 11.6 Å². The largest absolute Gasteiger partial charge is 0.351 e. The molecule has 0 saturated carbocycles. The average Bonchev–Trinajstić information content (AvgIpc) is 2.81. The zero-order valence-corrected chi connectivity index (χ0v) is 13.1. The van der Waals surface area contributed by atoms with Crippen molar-refractivity contribution in [3.05, 3.63) is 76.6 Å². The molecule has 0 amide bonds. The molecular formula is C18H18ClN2. The van der Waals surface area contributed by atoms with Crippen LogP contribution in [0.5, 0.6) is 0 Å². The lowest BCUT2D eigenvalue weighted by atomic mass is 10.2. The van der Waals surface area contributed by atoms with Gasteiger partial charge in [0.05, 0.1) is 23.6 Å². The van der Waals surface area contributed by atoms with E-state index < -0.39 is 0 Å². The second-order valence-electron chi connectivity index (χ2n) is 5.36. The summed E-state index contributed by atoms with van der Waals surface area (Å²) in [7, 11) is 0. The van der Waals surface area contributed by atoms with Gasteiger partial charge in [0.25, 0.3) is 0 Å². The van der Waals surface area contributed by atoms with Crippen LogP contribution in [0, 0.1) is 13.1 Å². The van der Waals surface area contributed by atoms with Gasteiger partial charge in [-0.25, -0.2) is 0 Å². The molecule has 0 N–H and O–H groups in total. The number of benzene rings is 2. The molecule has 21 heavy (non-hydrogen) atoms. The molecule has 2 aromatic rings. The molecule has 1 heterocycles. The quantitative estimate of drug-likeness (QED) is 0.817. The van der Waals surface area contributed by atoms with Gasteiger partial charge in [0.15, 0.2) is 0 Å². The Bertz CT molecular complexity index is 644. The van der Waals surface area contributed by atoms with Gasteiger partial charge in [-0.15, -0.1) is 0 Å². The molecule has 2 aromatic carbocycles. The summed E-state index contributed by atoms with van der Waals surface area (Å²) < 4.78 is 0. The van der Waals surface area contributed by atoms with Crippen LogP contribution < -0.4 is 4.90 Å². The van der Waals surface area contributed by atoms with Gasteiger partial charge in [-0.3, -0.25) is 0 Å². The molecule has 0 aromatic heterocycles. The van der Waals surface area contributed by atoms with E-state index in [-0.39, 0.29) is 0 Å². The molecule has 1 radical (unpaired) electrons. The number of aryl methyl sites for hydroxylation is 1. The molecule has 107 valence electrons. The molecule has 0 fully saturated rings. The second kappa shape index (κ2) is 5.82. The third-order valence-corrected chi connectivity index (χ3v) is 4.06. The highest BCUT2D eigenvalue weighted by molar-refractivity contribution is 6.33. The molecule has 3 heteroatoms. The predicted octanol–water partition coefficient (Wildman–Crippen LogP) is 4.59. The summed E-state index contributed by atoms with van der Waals surface area (Å²) in [6, 6.07) is 16.5. The van der Waals surface area contributed by atoms with E-state index in [1.165, 1.54) is 11.1 Å². The van der Waals surface area contributed by atoms with E-state index in [0.717, 1.165) is 29.6 Å². The Labute approximate surface area is 131 Å². The Hall–Kier alpha value is -1.93. The number of nitrogens with zero attached hydrogens (tertiary/aromatic N) is 2. The molecular weight excluding hydrogens is 280 g/mol. The maximum Gasteiger partial charge on any atom is 0.0955 e. The average molecular weight is 298 g/mol. The number of hydrogen-bond donors (Lipinski definition) is 0. The monoisotopic (exact) mass is 297 g/mol. The van der Waals surface area contributed by atoms with Gasteiger partial charge >= 0.3 is 0 Å². The molecule has 0 atom stereocenters. The minimum absolute atomic E-state index is 0.775. The molecule has 0 bridgehead atoms. The third-order valence-electron chi connectivity index (χ3n) is 3.76. The lowest BCUT2D eigenvalue weighted by Gasteiger charge is -2.24. The van der Waals surface area contributed by atoms with Crippen LogP contribution in [-0.4, -0.2) is 11.6 Å². The molecule has 3 rings (SSSR count). The SMILES string of the molecule is CC1=[C]N(c2c(C)cccc2Cl)CN1Cc1ccccc1. The lowest BCUT2D eigenvalue weighted by Crippen LogP contribution is -2.26. The molecule has 0 unspecified atom stereocenters. The van der Waals surface area contributed by atoms with Crippen molar-refractivity contribution in [2.75, 3.05) is 11.6 Å². The van der Waals surface area contributed by atoms with Crippen molar-refractivity contribution >= 4 is 17.3 Å². The summed E-state index contributed by atoms with van der Waals surface area (Å²) in [5.74, 6) is 0. The number of para-hydroxylation sites is 1.